The van der Waals surface area contributed by atoms with E-state index < -0.39 is 0 Å². The van der Waals surface area contributed by atoms with Gasteiger partial charge in [-0.2, -0.15) is 0 Å². The Balaban J connectivity index is 1.56. The van der Waals surface area contributed by atoms with Crippen LogP contribution in [0.5, 0.6) is 0 Å². The highest BCUT2D eigenvalue weighted by Gasteiger charge is 2.14. The van der Waals surface area contributed by atoms with Gasteiger partial charge in [-0.1, -0.05) is 35.9 Å². The molecule has 5 heteroatoms. The summed E-state index contributed by atoms with van der Waals surface area (Å²) in [6.07, 6.45) is 2.60. The average molecular weight is 345 g/mol. The van der Waals surface area contributed by atoms with Crippen LogP contribution in [0.3, 0.4) is 0 Å². The van der Waals surface area contributed by atoms with Gasteiger partial charge in [-0.25, -0.2) is 0 Å². The van der Waals surface area contributed by atoms with Crippen molar-refractivity contribution in [1.82, 2.24) is 5.32 Å². The average Bonchev–Trinajstić information content (AvgIpc) is 3.09. The fraction of sp³-hybridized carbons (Fsp3) is 0.316. The molecule has 0 spiro atoms. The molecule has 1 aliphatic rings. The number of rotatable bonds is 6. The molecule has 0 radical (unpaired) electrons. The Bertz CT molecular complexity index is 699. The van der Waals surface area contributed by atoms with E-state index in [1.807, 2.05) is 24.3 Å². The van der Waals surface area contributed by atoms with Crippen LogP contribution in [-0.2, 0) is 11.3 Å². The van der Waals surface area contributed by atoms with Crippen molar-refractivity contribution in [1.29, 1.82) is 0 Å². The van der Waals surface area contributed by atoms with E-state index in [0.29, 0.717) is 16.7 Å². The van der Waals surface area contributed by atoms with Gasteiger partial charge in [-0.3, -0.25) is 4.79 Å². The van der Waals surface area contributed by atoms with Crippen LogP contribution in [0.4, 0.5) is 5.69 Å². The van der Waals surface area contributed by atoms with E-state index in [2.05, 4.69) is 10.6 Å². The molecule has 1 heterocycles. The maximum atomic E-state index is 12.3. The molecule has 0 aliphatic carbocycles. The monoisotopic (exact) mass is 344 g/mol. The normalized spacial score (nSPS) is 17.0. The van der Waals surface area contributed by atoms with Gasteiger partial charge in [0.05, 0.1) is 16.7 Å². The van der Waals surface area contributed by atoms with Crippen LogP contribution in [0.1, 0.15) is 28.8 Å². The van der Waals surface area contributed by atoms with Crippen molar-refractivity contribution in [2.75, 3.05) is 18.5 Å². The van der Waals surface area contributed by atoms with Gasteiger partial charge in [0, 0.05) is 25.4 Å². The standard InChI is InChI=1S/C19H21ClN2O2/c20-18-9-2-1-8-17(18)19(23)22-15-6-3-5-14(11-15)12-21-13-16-7-4-10-24-16/h1-3,5-6,8-9,11,16,21H,4,7,10,12-13H2,(H,22,23). The van der Waals surface area contributed by atoms with E-state index in [9.17, 15) is 4.79 Å². The Kier molecular flexibility index (Phi) is 5.86. The van der Waals surface area contributed by atoms with Gasteiger partial charge in [0.15, 0.2) is 0 Å². The number of anilines is 1. The van der Waals surface area contributed by atoms with E-state index in [1.54, 1.807) is 24.3 Å². The maximum Gasteiger partial charge on any atom is 0.257 e. The largest absolute Gasteiger partial charge is 0.377 e. The first-order valence-electron chi connectivity index (χ1n) is 8.19. The summed E-state index contributed by atoms with van der Waals surface area (Å²) in [5.74, 6) is -0.204. The van der Waals surface area contributed by atoms with Crippen molar-refractivity contribution >= 4 is 23.2 Å². The van der Waals surface area contributed by atoms with Gasteiger partial charge in [0.2, 0.25) is 0 Å². The van der Waals surface area contributed by atoms with E-state index in [1.165, 1.54) is 0 Å². The van der Waals surface area contributed by atoms with Crippen LogP contribution in [0.15, 0.2) is 48.5 Å². The Morgan fingerprint density at radius 2 is 2.08 bits per heavy atom. The summed E-state index contributed by atoms with van der Waals surface area (Å²) in [7, 11) is 0. The summed E-state index contributed by atoms with van der Waals surface area (Å²) in [5, 5.41) is 6.75. The predicted molar refractivity (Wildman–Crippen MR) is 96.5 cm³/mol. The summed E-state index contributed by atoms with van der Waals surface area (Å²) in [5.41, 5.74) is 2.35. The second-order valence-corrected chi connectivity index (χ2v) is 6.31. The molecule has 126 valence electrons. The smallest absolute Gasteiger partial charge is 0.257 e. The van der Waals surface area contributed by atoms with Crippen LogP contribution in [0.25, 0.3) is 0 Å². The third-order valence-electron chi connectivity index (χ3n) is 4.03. The predicted octanol–water partition coefficient (Wildman–Crippen LogP) is 3.86. The molecule has 3 rings (SSSR count). The number of carbonyl (C=O) groups excluding carboxylic acids is 1. The molecule has 2 N–H and O–H groups in total. The molecule has 0 saturated carbocycles. The van der Waals surface area contributed by atoms with Gasteiger partial charge in [0.25, 0.3) is 5.91 Å². The molecule has 1 unspecified atom stereocenters. The molecule has 0 aromatic heterocycles. The highest BCUT2D eigenvalue weighted by Crippen LogP contribution is 2.18. The van der Waals surface area contributed by atoms with Crippen molar-refractivity contribution in [2.45, 2.75) is 25.5 Å². The molecule has 2 aromatic rings. The van der Waals surface area contributed by atoms with E-state index >= 15 is 0 Å². The zero-order valence-electron chi connectivity index (χ0n) is 13.4. The summed E-state index contributed by atoms with van der Waals surface area (Å²) in [6.45, 7) is 2.47. The van der Waals surface area contributed by atoms with E-state index in [0.717, 1.165) is 43.8 Å². The van der Waals surface area contributed by atoms with Gasteiger partial charge < -0.3 is 15.4 Å². The van der Waals surface area contributed by atoms with Crippen molar-refractivity contribution < 1.29 is 9.53 Å². The molecule has 1 amide bonds. The van der Waals surface area contributed by atoms with Gasteiger partial charge in [-0.15, -0.1) is 0 Å². The fourth-order valence-corrected chi connectivity index (χ4v) is 3.01. The first-order valence-corrected chi connectivity index (χ1v) is 8.57. The minimum absolute atomic E-state index is 0.204. The Hall–Kier alpha value is -1.88. The summed E-state index contributed by atoms with van der Waals surface area (Å²) in [4.78, 5) is 12.3. The lowest BCUT2D eigenvalue weighted by atomic mass is 10.1. The molecule has 1 saturated heterocycles. The lowest BCUT2D eigenvalue weighted by Gasteiger charge is -2.12. The van der Waals surface area contributed by atoms with Crippen LogP contribution in [0, 0.1) is 0 Å². The Labute approximate surface area is 147 Å². The summed E-state index contributed by atoms with van der Waals surface area (Å²) < 4.78 is 5.60. The highest BCUT2D eigenvalue weighted by atomic mass is 35.5. The van der Waals surface area contributed by atoms with E-state index in [-0.39, 0.29) is 5.91 Å². The highest BCUT2D eigenvalue weighted by molar-refractivity contribution is 6.34. The number of nitrogens with one attached hydrogen (secondary N) is 2. The zero-order valence-corrected chi connectivity index (χ0v) is 14.2. The van der Waals surface area contributed by atoms with Crippen molar-refractivity contribution in [3.63, 3.8) is 0 Å². The minimum Gasteiger partial charge on any atom is -0.377 e. The van der Waals surface area contributed by atoms with Crippen LogP contribution in [-0.4, -0.2) is 25.2 Å². The third-order valence-corrected chi connectivity index (χ3v) is 4.36. The second kappa shape index (κ2) is 8.29. The van der Waals surface area contributed by atoms with Gasteiger partial charge in [0.1, 0.15) is 0 Å². The zero-order chi connectivity index (χ0) is 16.8. The van der Waals surface area contributed by atoms with Crippen molar-refractivity contribution in [2.24, 2.45) is 0 Å². The lowest BCUT2D eigenvalue weighted by molar-refractivity contribution is 0.102. The van der Waals surface area contributed by atoms with Crippen LogP contribution in [0.2, 0.25) is 5.02 Å². The quantitative estimate of drug-likeness (QED) is 0.836. The van der Waals surface area contributed by atoms with Crippen molar-refractivity contribution in [3.8, 4) is 0 Å². The molecule has 1 fully saturated rings. The molecule has 1 aliphatic heterocycles. The number of ether oxygens (including phenoxy) is 1. The Morgan fingerprint density at radius 1 is 1.21 bits per heavy atom. The number of hydrogen-bond acceptors (Lipinski definition) is 3. The number of benzene rings is 2. The second-order valence-electron chi connectivity index (χ2n) is 5.90. The molecular formula is C19H21ClN2O2. The summed E-state index contributed by atoms with van der Waals surface area (Å²) >= 11 is 6.06. The molecule has 4 nitrogen and oxygen atoms in total. The summed E-state index contributed by atoms with van der Waals surface area (Å²) in [6, 6.07) is 14.8. The topological polar surface area (TPSA) is 50.4 Å². The number of halogens is 1. The number of hydrogen-bond donors (Lipinski definition) is 2. The van der Waals surface area contributed by atoms with Gasteiger partial charge >= 0.3 is 0 Å². The molecule has 0 bridgehead atoms. The SMILES string of the molecule is O=C(Nc1cccc(CNCC2CCCO2)c1)c1ccccc1Cl. The molecule has 24 heavy (non-hydrogen) atoms. The van der Waals surface area contributed by atoms with Crippen LogP contribution < -0.4 is 10.6 Å². The lowest BCUT2D eigenvalue weighted by Crippen LogP contribution is -2.25. The Morgan fingerprint density at radius 3 is 2.88 bits per heavy atom. The minimum atomic E-state index is -0.204. The molecular weight excluding hydrogens is 324 g/mol. The number of carbonyl (C=O) groups is 1. The first kappa shape index (κ1) is 17.0. The maximum absolute atomic E-state index is 12.3. The fourth-order valence-electron chi connectivity index (χ4n) is 2.79. The van der Waals surface area contributed by atoms with E-state index in [4.69, 9.17) is 16.3 Å². The van der Waals surface area contributed by atoms with Crippen LogP contribution >= 0.6 is 11.6 Å². The molecule has 2 aromatic carbocycles. The number of amides is 1. The third kappa shape index (κ3) is 4.57. The molecule has 1 atom stereocenters. The van der Waals surface area contributed by atoms with Gasteiger partial charge in [-0.05, 0) is 42.7 Å². The van der Waals surface area contributed by atoms with Crippen molar-refractivity contribution in [3.05, 3.63) is 64.7 Å². The first-order chi connectivity index (χ1) is 11.7.